The maximum atomic E-state index is 9.96. The van der Waals surface area contributed by atoms with E-state index in [0.29, 0.717) is 37.4 Å². The first kappa shape index (κ1) is 34.2. The molecular weight excluding hydrogens is 622 g/mol. The van der Waals surface area contributed by atoms with E-state index in [4.69, 9.17) is 4.65 Å². The Morgan fingerprint density at radius 2 is 0.880 bits per heavy atom. The lowest BCUT2D eigenvalue weighted by Crippen LogP contribution is -2.37. The molecule has 0 aliphatic rings. The number of aromatic nitrogens is 4. The summed E-state index contributed by atoms with van der Waals surface area (Å²) in [6, 6.07) is 28.3. The second-order valence-electron chi connectivity index (χ2n) is 12.2. The second-order valence-corrected chi connectivity index (χ2v) is 12.2. The van der Waals surface area contributed by atoms with Crippen LogP contribution >= 0.6 is 0 Å². The SMILES string of the molecule is C=Cc1cc[n+](Cc2cc(C[n+]3ccc(-c4cc[n+](Cc5cc(C[n+]6ccc(C=C)cc6)cc(B(O)O)c5)cc4)cc3)cc(OBO)c2)cc1. The van der Waals surface area contributed by atoms with E-state index in [2.05, 4.69) is 80.2 Å². The van der Waals surface area contributed by atoms with Crippen molar-refractivity contribution in [3.63, 3.8) is 0 Å². The van der Waals surface area contributed by atoms with Crippen LogP contribution in [0.4, 0.5) is 0 Å². The van der Waals surface area contributed by atoms with Gasteiger partial charge in [0.1, 0.15) is 5.75 Å². The molecule has 8 nitrogen and oxygen atoms in total. The van der Waals surface area contributed by atoms with Gasteiger partial charge in [0.2, 0.25) is 0 Å². The molecule has 0 aliphatic heterocycles. The molecule has 0 radical (unpaired) electrons. The number of nitrogens with zero attached hydrogens (tertiary/aromatic N) is 4. The first-order chi connectivity index (χ1) is 24.4. The molecule has 4 aromatic heterocycles. The predicted molar refractivity (Wildman–Crippen MR) is 195 cm³/mol. The molecule has 6 aromatic rings. The number of rotatable bonds is 14. The number of hydrogen-bond acceptors (Lipinski definition) is 4. The van der Waals surface area contributed by atoms with Crippen LogP contribution in [-0.4, -0.2) is 29.9 Å². The lowest BCUT2D eigenvalue weighted by molar-refractivity contribution is -0.689. The zero-order valence-electron chi connectivity index (χ0n) is 27.9. The zero-order chi connectivity index (χ0) is 34.9. The van der Waals surface area contributed by atoms with Gasteiger partial charge in [-0.2, -0.15) is 0 Å². The van der Waals surface area contributed by atoms with Crippen molar-refractivity contribution in [2.75, 3.05) is 0 Å². The minimum absolute atomic E-state index is 0.382. The molecule has 0 aliphatic carbocycles. The summed E-state index contributed by atoms with van der Waals surface area (Å²) in [5, 5.41) is 29.3. The van der Waals surface area contributed by atoms with Crippen LogP contribution in [0.3, 0.4) is 0 Å². The predicted octanol–water partition coefficient (Wildman–Crippen LogP) is 2.30. The first-order valence-electron chi connectivity index (χ1n) is 16.4. The van der Waals surface area contributed by atoms with Crippen LogP contribution in [0.2, 0.25) is 0 Å². The van der Waals surface area contributed by atoms with Crippen LogP contribution in [0.5, 0.6) is 5.75 Å². The quantitative estimate of drug-likeness (QED) is 0.124. The fraction of sp³-hybridized carbons (Fsp3) is 0.100. The fourth-order valence-electron chi connectivity index (χ4n) is 5.97. The highest BCUT2D eigenvalue weighted by molar-refractivity contribution is 6.58. The molecule has 0 saturated carbocycles. The molecule has 0 unspecified atom stereocenters. The second kappa shape index (κ2) is 16.2. The first-order valence-corrected chi connectivity index (χ1v) is 16.4. The van der Waals surface area contributed by atoms with Gasteiger partial charge in [-0.15, -0.1) is 0 Å². The molecule has 10 heteroatoms. The normalized spacial score (nSPS) is 10.8. The third kappa shape index (κ3) is 9.06. The standard InChI is InChI=1S/C40H40B2N4O4/c1-3-31-5-13-43(14-6-31)27-33-21-34(24-39(23-33)42(48)49)28-45-17-9-37(10-18-45)38-11-19-46(20-12-38)30-36-22-35(25-40(26-36)50-41-47)29-44-15-7-32(4-2)8-16-44/h3-26,41,47-49H,1-2,27-30H2/q+4. The Morgan fingerprint density at radius 1 is 0.540 bits per heavy atom. The van der Waals surface area contributed by atoms with Gasteiger partial charge in [-0.1, -0.05) is 37.4 Å². The van der Waals surface area contributed by atoms with Crippen molar-refractivity contribution >= 4 is 32.4 Å². The van der Waals surface area contributed by atoms with Crippen molar-refractivity contribution in [3.05, 3.63) is 181 Å². The molecule has 3 N–H and O–H groups in total. The van der Waals surface area contributed by atoms with Crippen molar-refractivity contribution in [2.24, 2.45) is 0 Å². The van der Waals surface area contributed by atoms with Crippen LogP contribution < -0.4 is 28.4 Å². The smallest absolute Gasteiger partial charge is 0.504 e. The summed E-state index contributed by atoms with van der Waals surface area (Å²) in [6.45, 7) is 10.1. The molecule has 246 valence electrons. The van der Waals surface area contributed by atoms with Gasteiger partial charge < -0.3 is 19.7 Å². The molecular formula is C40H40B2N4O4+4. The third-order valence-electron chi connectivity index (χ3n) is 8.51. The van der Waals surface area contributed by atoms with Crippen molar-refractivity contribution in [1.29, 1.82) is 0 Å². The van der Waals surface area contributed by atoms with Crippen LogP contribution in [-0.2, 0) is 26.2 Å². The third-order valence-corrected chi connectivity index (χ3v) is 8.51. The van der Waals surface area contributed by atoms with E-state index >= 15 is 0 Å². The van der Waals surface area contributed by atoms with Gasteiger partial charge >= 0.3 is 14.8 Å². The van der Waals surface area contributed by atoms with E-state index in [-0.39, 0.29) is 7.69 Å². The van der Waals surface area contributed by atoms with Gasteiger partial charge in [-0.3, -0.25) is 0 Å². The molecule has 0 spiro atoms. The maximum absolute atomic E-state index is 9.96. The lowest BCUT2D eigenvalue weighted by Gasteiger charge is -2.08. The molecule has 0 saturated heterocycles. The molecule has 2 aromatic carbocycles. The summed E-state index contributed by atoms with van der Waals surface area (Å²) < 4.78 is 13.8. The average Bonchev–Trinajstić information content (AvgIpc) is 3.13. The maximum Gasteiger partial charge on any atom is 0.504 e. The average molecular weight is 662 g/mol. The molecule has 6 rings (SSSR count). The van der Waals surface area contributed by atoms with E-state index in [1.807, 2.05) is 91.8 Å². The van der Waals surface area contributed by atoms with E-state index < -0.39 is 7.12 Å². The Balaban J connectivity index is 1.13. The minimum atomic E-state index is -1.55. The summed E-state index contributed by atoms with van der Waals surface area (Å²) in [4.78, 5) is 0. The van der Waals surface area contributed by atoms with E-state index in [1.165, 1.54) is 0 Å². The molecule has 0 fully saturated rings. The van der Waals surface area contributed by atoms with Gasteiger partial charge in [-0.25, -0.2) is 18.3 Å². The highest BCUT2D eigenvalue weighted by atomic mass is 16.5. The van der Waals surface area contributed by atoms with Crippen molar-refractivity contribution < 1.29 is 38.0 Å². The zero-order valence-corrected chi connectivity index (χ0v) is 27.9. The summed E-state index contributed by atoms with van der Waals surface area (Å²) in [6.07, 6.45) is 19.9. The van der Waals surface area contributed by atoms with E-state index in [0.717, 1.165) is 44.5 Å². The van der Waals surface area contributed by atoms with Crippen molar-refractivity contribution in [1.82, 2.24) is 0 Å². The molecule has 0 amide bonds. The van der Waals surface area contributed by atoms with Crippen LogP contribution in [0.1, 0.15) is 33.4 Å². The van der Waals surface area contributed by atoms with E-state index in [1.54, 1.807) is 6.08 Å². The Morgan fingerprint density at radius 3 is 1.20 bits per heavy atom. The Hall–Kier alpha value is -5.67. The summed E-state index contributed by atoms with van der Waals surface area (Å²) in [5.74, 6) is 0.631. The Labute approximate surface area is 293 Å². The Bertz CT molecular complexity index is 2070. The van der Waals surface area contributed by atoms with Gasteiger partial charge in [0, 0.05) is 70.8 Å². The molecule has 50 heavy (non-hydrogen) atoms. The lowest BCUT2D eigenvalue weighted by atomic mass is 9.78. The number of pyridine rings is 4. The van der Waals surface area contributed by atoms with Crippen LogP contribution in [0, 0.1) is 0 Å². The number of benzene rings is 2. The summed E-state index contributed by atoms with van der Waals surface area (Å²) in [7, 11) is -1.93. The largest absolute Gasteiger partial charge is 0.539 e. The summed E-state index contributed by atoms with van der Waals surface area (Å²) >= 11 is 0. The van der Waals surface area contributed by atoms with Crippen LogP contribution in [0.25, 0.3) is 23.3 Å². The minimum Gasteiger partial charge on any atom is -0.539 e. The Kier molecular flexibility index (Phi) is 11.0. The monoisotopic (exact) mass is 662 g/mol. The fourth-order valence-corrected chi connectivity index (χ4v) is 5.97. The highest BCUT2D eigenvalue weighted by Crippen LogP contribution is 2.19. The topological polar surface area (TPSA) is 85.4 Å². The van der Waals surface area contributed by atoms with Crippen LogP contribution in [0.15, 0.2) is 148 Å². The molecule has 0 bridgehead atoms. The van der Waals surface area contributed by atoms with E-state index in [9.17, 15) is 15.1 Å². The van der Waals surface area contributed by atoms with Gasteiger partial charge in [0.15, 0.2) is 75.8 Å². The van der Waals surface area contributed by atoms with Gasteiger partial charge in [0.05, 0.1) is 0 Å². The molecule has 0 atom stereocenters. The van der Waals surface area contributed by atoms with Gasteiger partial charge in [0.25, 0.3) is 0 Å². The highest BCUT2D eigenvalue weighted by Gasteiger charge is 2.17. The number of hydrogen-bond donors (Lipinski definition) is 3. The van der Waals surface area contributed by atoms with Gasteiger partial charge in [-0.05, 0) is 52.0 Å². The van der Waals surface area contributed by atoms with Crippen molar-refractivity contribution in [3.8, 4) is 16.9 Å². The van der Waals surface area contributed by atoms with Crippen molar-refractivity contribution in [2.45, 2.75) is 26.2 Å². The molecule has 4 heterocycles. The summed E-state index contributed by atoms with van der Waals surface area (Å²) in [5.41, 5.74) is 8.87.